The standard InChI is InChI=1S/C10H13NO/c1-9(2)6-8-12-10-5-3-4-7-11-10/h3-7H,8H2,1-2H3. The van der Waals surface area contributed by atoms with Crippen molar-refractivity contribution in [1.29, 1.82) is 0 Å². The maximum absolute atomic E-state index is 5.33. The molecule has 0 radical (unpaired) electrons. The second-order valence-electron chi connectivity index (χ2n) is 2.76. The Labute approximate surface area is 72.9 Å². The summed E-state index contributed by atoms with van der Waals surface area (Å²) < 4.78 is 5.33. The first-order chi connectivity index (χ1) is 5.79. The average molecular weight is 163 g/mol. The monoisotopic (exact) mass is 163 g/mol. The fourth-order valence-corrected chi connectivity index (χ4v) is 0.726. The summed E-state index contributed by atoms with van der Waals surface area (Å²) in [5.41, 5.74) is 1.26. The van der Waals surface area contributed by atoms with Crippen LogP contribution in [0.1, 0.15) is 13.8 Å². The van der Waals surface area contributed by atoms with Crippen LogP contribution in [-0.4, -0.2) is 11.6 Å². The van der Waals surface area contributed by atoms with Crippen molar-refractivity contribution in [1.82, 2.24) is 4.98 Å². The Kier molecular flexibility index (Phi) is 3.33. The minimum Gasteiger partial charge on any atom is -0.473 e. The van der Waals surface area contributed by atoms with Gasteiger partial charge in [0, 0.05) is 12.3 Å². The molecule has 0 saturated carbocycles. The molecule has 0 unspecified atom stereocenters. The molecule has 0 aliphatic carbocycles. The predicted molar refractivity (Wildman–Crippen MR) is 49.2 cm³/mol. The molecule has 0 aromatic carbocycles. The van der Waals surface area contributed by atoms with E-state index in [4.69, 9.17) is 4.74 Å². The van der Waals surface area contributed by atoms with Crippen molar-refractivity contribution in [2.24, 2.45) is 0 Å². The van der Waals surface area contributed by atoms with Crippen LogP contribution in [0.3, 0.4) is 0 Å². The number of rotatable bonds is 3. The van der Waals surface area contributed by atoms with Gasteiger partial charge < -0.3 is 4.74 Å². The molecule has 0 aliphatic heterocycles. The lowest BCUT2D eigenvalue weighted by Crippen LogP contribution is -1.95. The summed E-state index contributed by atoms with van der Waals surface area (Å²) >= 11 is 0. The zero-order chi connectivity index (χ0) is 8.81. The molecule has 1 heterocycles. The molecule has 2 heteroatoms. The average Bonchev–Trinajstić information content (AvgIpc) is 2.05. The molecule has 12 heavy (non-hydrogen) atoms. The summed E-state index contributed by atoms with van der Waals surface area (Å²) in [5.74, 6) is 0.676. The Morgan fingerprint density at radius 1 is 1.50 bits per heavy atom. The maximum Gasteiger partial charge on any atom is 0.213 e. The van der Waals surface area contributed by atoms with Gasteiger partial charge in [0.25, 0.3) is 0 Å². The maximum atomic E-state index is 5.33. The number of allylic oxidation sites excluding steroid dienone is 1. The Morgan fingerprint density at radius 3 is 2.92 bits per heavy atom. The Balaban J connectivity index is 2.39. The van der Waals surface area contributed by atoms with Gasteiger partial charge in [-0.1, -0.05) is 11.6 Å². The molecular weight excluding hydrogens is 150 g/mol. The molecule has 0 atom stereocenters. The van der Waals surface area contributed by atoms with Gasteiger partial charge >= 0.3 is 0 Å². The fourth-order valence-electron chi connectivity index (χ4n) is 0.726. The van der Waals surface area contributed by atoms with E-state index < -0.39 is 0 Å². The first kappa shape index (κ1) is 8.78. The van der Waals surface area contributed by atoms with Crippen LogP contribution in [0.2, 0.25) is 0 Å². The topological polar surface area (TPSA) is 22.1 Å². The van der Waals surface area contributed by atoms with E-state index in [0.29, 0.717) is 12.5 Å². The molecular formula is C10H13NO. The number of hydrogen-bond donors (Lipinski definition) is 0. The van der Waals surface area contributed by atoms with Crippen molar-refractivity contribution >= 4 is 0 Å². The smallest absolute Gasteiger partial charge is 0.213 e. The van der Waals surface area contributed by atoms with E-state index in [1.807, 2.05) is 38.1 Å². The van der Waals surface area contributed by atoms with Crippen LogP contribution in [0.4, 0.5) is 0 Å². The Morgan fingerprint density at radius 2 is 2.33 bits per heavy atom. The van der Waals surface area contributed by atoms with Crippen LogP contribution in [0.15, 0.2) is 36.0 Å². The Bertz CT molecular complexity index is 250. The Hall–Kier alpha value is -1.31. The van der Waals surface area contributed by atoms with Crippen molar-refractivity contribution < 1.29 is 4.74 Å². The van der Waals surface area contributed by atoms with Crippen LogP contribution in [0.5, 0.6) is 5.88 Å². The van der Waals surface area contributed by atoms with Gasteiger partial charge in [0.15, 0.2) is 0 Å². The van der Waals surface area contributed by atoms with Crippen molar-refractivity contribution in [3.8, 4) is 5.88 Å². The van der Waals surface area contributed by atoms with Gasteiger partial charge in [-0.05, 0) is 26.0 Å². The van der Waals surface area contributed by atoms with Gasteiger partial charge in [-0.2, -0.15) is 0 Å². The zero-order valence-corrected chi connectivity index (χ0v) is 7.45. The largest absolute Gasteiger partial charge is 0.473 e. The zero-order valence-electron chi connectivity index (χ0n) is 7.45. The van der Waals surface area contributed by atoms with Crippen LogP contribution in [-0.2, 0) is 0 Å². The first-order valence-electron chi connectivity index (χ1n) is 3.96. The van der Waals surface area contributed by atoms with Crippen LogP contribution in [0, 0.1) is 0 Å². The highest BCUT2D eigenvalue weighted by atomic mass is 16.5. The van der Waals surface area contributed by atoms with Gasteiger partial charge in [-0.25, -0.2) is 4.98 Å². The SMILES string of the molecule is CC(C)=CCOc1ccccn1. The highest BCUT2D eigenvalue weighted by Crippen LogP contribution is 2.03. The molecule has 0 spiro atoms. The lowest BCUT2D eigenvalue weighted by Gasteiger charge is -2.00. The summed E-state index contributed by atoms with van der Waals surface area (Å²) in [6.07, 6.45) is 3.74. The highest BCUT2D eigenvalue weighted by molar-refractivity contribution is 5.09. The molecule has 1 rings (SSSR count). The van der Waals surface area contributed by atoms with E-state index in [1.165, 1.54) is 5.57 Å². The van der Waals surface area contributed by atoms with Gasteiger partial charge in [0.05, 0.1) is 0 Å². The quantitative estimate of drug-likeness (QED) is 0.638. The summed E-state index contributed by atoms with van der Waals surface area (Å²) in [7, 11) is 0. The van der Waals surface area contributed by atoms with E-state index in [-0.39, 0.29) is 0 Å². The van der Waals surface area contributed by atoms with E-state index >= 15 is 0 Å². The summed E-state index contributed by atoms with van der Waals surface area (Å²) in [6, 6.07) is 5.62. The van der Waals surface area contributed by atoms with Crippen molar-refractivity contribution in [3.05, 3.63) is 36.0 Å². The molecule has 0 bridgehead atoms. The highest BCUT2D eigenvalue weighted by Gasteiger charge is 1.88. The van der Waals surface area contributed by atoms with Gasteiger partial charge in [-0.15, -0.1) is 0 Å². The molecule has 64 valence electrons. The number of pyridine rings is 1. The number of aromatic nitrogens is 1. The number of ether oxygens (including phenoxy) is 1. The van der Waals surface area contributed by atoms with E-state index in [1.54, 1.807) is 6.20 Å². The molecule has 1 aromatic rings. The molecule has 0 aliphatic rings. The number of hydrogen-bond acceptors (Lipinski definition) is 2. The van der Waals surface area contributed by atoms with Crippen LogP contribution < -0.4 is 4.74 Å². The third kappa shape index (κ3) is 3.19. The molecule has 0 saturated heterocycles. The third-order valence-electron chi connectivity index (χ3n) is 1.36. The lowest BCUT2D eigenvalue weighted by molar-refractivity contribution is 0.347. The molecule has 1 aromatic heterocycles. The molecule has 0 amide bonds. The van der Waals surface area contributed by atoms with Gasteiger partial charge in [0.1, 0.15) is 6.61 Å². The van der Waals surface area contributed by atoms with Gasteiger partial charge in [-0.3, -0.25) is 0 Å². The second-order valence-corrected chi connectivity index (χ2v) is 2.76. The van der Waals surface area contributed by atoms with Crippen molar-refractivity contribution in [2.75, 3.05) is 6.61 Å². The fraction of sp³-hybridized carbons (Fsp3) is 0.300. The lowest BCUT2D eigenvalue weighted by atomic mass is 10.3. The summed E-state index contributed by atoms with van der Waals surface area (Å²) in [5, 5.41) is 0. The predicted octanol–water partition coefficient (Wildman–Crippen LogP) is 2.43. The van der Waals surface area contributed by atoms with Gasteiger partial charge in [0.2, 0.25) is 5.88 Å². The minimum absolute atomic E-state index is 0.597. The third-order valence-corrected chi connectivity index (χ3v) is 1.36. The van der Waals surface area contributed by atoms with Crippen LogP contribution >= 0.6 is 0 Å². The summed E-state index contributed by atoms with van der Waals surface area (Å²) in [4.78, 5) is 4.02. The molecule has 0 fully saturated rings. The van der Waals surface area contributed by atoms with E-state index in [9.17, 15) is 0 Å². The first-order valence-corrected chi connectivity index (χ1v) is 3.96. The minimum atomic E-state index is 0.597. The van der Waals surface area contributed by atoms with Crippen molar-refractivity contribution in [2.45, 2.75) is 13.8 Å². The number of nitrogens with zero attached hydrogens (tertiary/aromatic N) is 1. The normalized spacial score (nSPS) is 9.17. The van der Waals surface area contributed by atoms with Crippen molar-refractivity contribution in [3.63, 3.8) is 0 Å². The van der Waals surface area contributed by atoms with Crippen LogP contribution in [0.25, 0.3) is 0 Å². The molecule has 0 N–H and O–H groups in total. The summed E-state index contributed by atoms with van der Waals surface area (Å²) in [6.45, 7) is 4.68. The van der Waals surface area contributed by atoms with E-state index in [0.717, 1.165) is 0 Å². The second kappa shape index (κ2) is 4.54. The van der Waals surface area contributed by atoms with E-state index in [2.05, 4.69) is 4.98 Å². The molecule has 2 nitrogen and oxygen atoms in total.